The maximum absolute atomic E-state index is 12.3. The number of carbonyl (C=O) groups excluding carboxylic acids is 3. The first kappa shape index (κ1) is 19.9. The minimum atomic E-state index is -0.392. The number of nitrogens with zero attached hydrogens (tertiary/aromatic N) is 2. The molecule has 2 N–H and O–H groups in total. The summed E-state index contributed by atoms with van der Waals surface area (Å²) in [7, 11) is 0. The minimum absolute atomic E-state index is 0.0398. The number of amides is 3. The molecule has 1 aromatic rings. The molecule has 1 aliphatic rings. The van der Waals surface area contributed by atoms with Gasteiger partial charge in [-0.15, -0.1) is 0 Å². The van der Waals surface area contributed by atoms with Crippen molar-refractivity contribution < 1.29 is 14.4 Å². The number of rotatable bonds is 5. The van der Waals surface area contributed by atoms with Crippen molar-refractivity contribution in [3.63, 3.8) is 0 Å². The number of pyridine rings is 1. The fraction of sp³-hybridized carbons (Fsp3) is 0.579. The van der Waals surface area contributed by atoms with Crippen LogP contribution in [0.3, 0.4) is 0 Å². The average molecular weight is 360 g/mol. The van der Waals surface area contributed by atoms with Crippen LogP contribution in [-0.2, 0) is 14.4 Å². The third-order valence-corrected chi connectivity index (χ3v) is 4.39. The van der Waals surface area contributed by atoms with E-state index in [9.17, 15) is 14.4 Å². The Morgan fingerprint density at radius 2 is 1.92 bits per heavy atom. The largest absolute Gasteiger partial charge is 0.355 e. The molecule has 7 nitrogen and oxygen atoms in total. The molecule has 0 saturated carbocycles. The van der Waals surface area contributed by atoms with E-state index < -0.39 is 5.41 Å². The monoisotopic (exact) mass is 360 g/mol. The highest BCUT2D eigenvalue weighted by Gasteiger charge is 2.32. The summed E-state index contributed by atoms with van der Waals surface area (Å²) in [5.74, 6) is -0.172. The molecule has 2 rings (SSSR count). The minimum Gasteiger partial charge on any atom is -0.355 e. The molecule has 3 amide bonds. The van der Waals surface area contributed by atoms with Crippen LogP contribution in [0.15, 0.2) is 24.5 Å². The van der Waals surface area contributed by atoms with Crippen LogP contribution in [0.2, 0.25) is 0 Å². The Bertz CT molecular complexity index is 632. The van der Waals surface area contributed by atoms with Crippen molar-refractivity contribution in [1.29, 1.82) is 0 Å². The number of likely N-dealkylation sites (tertiary alicyclic amines) is 1. The Labute approximate surface area is 154 Å². The first-order valence-corrected chi connectivity index (χ1v) is 9.04. The van der Waals surface area contributed by atoms with Gasteiger partial charge in [0.1, 0.15) is 0 Å². The van der Waals surface area contributed by atoms with Crippen LogP contribution in [0.1, 0.15) is 40.0 Å². The van der Waals surface area contributed by atoms with Gasteiger partial charge >= 0.3 is 0 Å². The van der Waals surface area contributed by atoms with Crippen LogP contribution in [0, 0.1) is 11.3 Å². The average Bonchev–Trinajstić information content (AvgIpc) is 2.61. The van der Waals surface area contributed by atoms with Crippen LogP contribution in [0.5, 0.6) is 0 Å². The molecule has 0 bridgehead atoms. The summed E-state index contributed by atoms with van der Waals surface area (Å²) >= 11 is 0. The Kier molecular flexibility index (Phi) is 6.71. The second kappa shape index (κ2) is 8.78. The highest BCUT2D eigenvalue weighted by Crippen LogP contribution is 2.23. The molecule has 0 aromatic carbocycles. The summed E-state index contributed by atoms with van der Waals surface area (Å²) in [4.78, 5) is 42.1. The lowest BCUT2D eigenvalue weighted by atomic mass is 9.90. The number of carbonyl (C=O) groups is 3. The topological polar surface area (TPSA) is 91.4 Å². The molecule has 1 fully saturated rings. The third-order valence-electron chi connectivity index (χ3n) is 4.39. The Morgan fingerprint density at radius 1 is 1.23 bits per heavy atom. The first-order chi connectivity index (χ1) is 12.3. The van der Waals surface area contributed by atoms with Gasteiger partial charge < -0.3 is 15.5 Å². The van der Waals surface area contributed by atoms with E-state index in [-0.39, 0.29) is 30.1 Å². The van der Waals surface area contributed by atoms with Crippen molar-refractivity contribution in [2.45, 2.75) is 40.0 Å². The predicted molar refractivity (Wildman–Crippen MR) is 99.3 cm³/mol. The number of hydrogen-bond acceptors (Lipinski definition) is 4. The van der Waals surface area contributed by atoms with Gasteiger partial charge in [0.05, 0.1) is 11.9 Å². The van der Waals surface area contributed by atoms with Gasteiger partial charge in [-0.05, 0) is 25.0 Å². The number of nitrogens with one attached hydrogen (secondary N) is 2. The van der Waals surface area contributed by atoms with E-state index in [1.807, 2.05) is 25.7 Å². The molecule has 1 saturated heterocycles. The van der Waals surface area contributed by atoms with Gasteiger partial charge in [-0.1, -0.05) is 20.8 Å². The van der Waals surface area contributed by atoms with Gasteiger partial charge in [0.15, 0.2) is 0 Å². The molecule has 0 aliphatic carbocycles. The highest BCUT2D eigenvalue weighted by molar-refractivity contribution is 5.91. The van der Waals surface area contributed by atoms with Gasteiger partial charge in [0.25, 0.3) is 0 Å². The van der Waals surface area contributed by atoms with Crippen molar-refractivity contribution in [2.75, 3.05) is 25.0 Å². The number of hydrogen-bond donors (Lipinski definition) is 2. The van der Waals surface area contributed by atoms with Gasteiger partial charge in [0, 0.05) is 43.6 Å². The Balaban J connectivity index is 1.68. The lowest BCUT2D eigenvalue weighted by Gasteiger charge is -2.35. The maximum Gasteiger partial charge on any atom is 0.227 e. The van der Waals surface area contributed by atoms with Crippen LogP contribution in [0.4, 0.5) is 5.69 Å². The van der Waals surface area contributed by atoms with Crippen LogP contribution < -0.4 is 10.6 Å². The van der Waals surface area contributed by atoms with E-state index in [1.54, 1.807) is 24.5 Å². The number of anilines is 1. The third kappa shape index (κ3) is 5.82. The van der Waals surface area contributed by atoms with Gasteiger partial charge in [0.2, 0.25) is 17.7 Å². The van der Waals surface area contributed by atoms with Crippen molar-refractivity contribution in [3.8, 4) is 0 Å². The van der Waals surface area contributed by atoms with E-state index in [0.717, 1.165) is 0 Å². The second-order valence-electron chi connectivity index (χ2n) is 7.65. The zero-order valence-corrected chi connectivity index (χ0v) is 15.7. The summed E-state index contributed by atoms with van der Waals surface area (Å²) in [6, 6.07) is 3.50. The van der Waals surface area contributed by atoms with E-state index in [2.05, 4.69) is 15.6 Å². The molecule has 0 spiro atoms. The molecule has 26 heavy (non-hydrogen) atoms. The summed E-state index contributed by atoms with van der Waals surface area (Å²) < 4.78 is 0. The molecule has 1 aliphatic heterocycles. The molecule has 2 heterocycles. The summed E-state index contributed by atoms with van der Waals surface area (Å²) in [6.07, 6.45) is 4.74. The summed E-state index contributed by atoms with van der Waals surface area (Å²) in [5.41, 5.74) is 0.246. The van der Waals surface area contributed by atoms with E-state index in [0.29, 0.717) is 38.2 Å². The lowest BCUT2D eigenvalue weighted by molar-refractivity contribution is -0.142. The van der Waals surface area contributed by atoms with E-state index in [4.69, 9.17) is 0 Å². The quantitative estimate of drug-likeness (QED) is 0.838. The van der Waals surface area contributed by atoms with Gasteiger partial charge in [-0.3, -0.25) is 19.4 Å². The summed E-state index contributed by atoms with van der Waals surface area (Å²) in [5, 5.41) is 5.56. The summed E-state index contributed by atoms with van der Waals surface area (Å²) in [6.45, 7) is 7.23. The van der Waals surface area contributed by atoms with Crippen molar-refractivity contribution in [2.24, 2.45) is 11.3 Å². The Hall–Kier alpha value is -2.44. The number of piperidine rings is 1. The Morgan fingerprint density at radius 3 is 2.50 bits per heavy atom. The normalized spacial score (nSPS) is 15.4. The smallest absolute Gasteiger partial charge is 0.227 e. The van der Waals surface area contributed by atoms with Crippen molar-refractivity contribution >= 4 is 23.4 Å². The zero-order valence-electron chi connectivity index (χ0n) is 15.7. The molecule has 0 radical (unpaired) electrons. The highest BCUT2D eigenvalue weighted by atomic mass is 16.2. The molecule has 7 heteroatoms. The lowest BCUT2D eigenvalue weighted by Crippen LogP contribution is -2.46. The fourth-order valence-corrected chi connectivity index (χ4v) is 2.92. The predicted octanol–water partition coefficient (Wildman–Crippen LogP) is 1.81. The van der Waals surface area contributed by atoms with Crippen LogP contribution in [0.25, 0.3) is 0 Å². The molecule has 142 valence electrons. The molecule has 0 unspecified atom stereocenters. The first-order valence-electron chi connectivity index (χ1n) is 9.04. The van der Waals surface area contributed by atoms with Crippen molar-refractivity contribution in [1.82, 2.24) is 15.2 Å². The van der Waals surface area contributed by atoms with E-state index >= 15 is 0 Å². The van der Waals surface area contributed by atoms with Crippen molar-refractivity contribution in [3.05, 3.63) is 24.5 Å². The van der Waals surface area contributed by atoms with Gasteiger partial charge in [-0.25, -0.2) is 0 Å². The van der Waals surface area contributed by atoms with Crippen LogP contribution >= 0.6 is 0 Å². The van der Waals surface area contributed by atoms with E-state index in [1.165, 1.54) is 0 Å². The standard InChI is InChI=1S/C19H28N4O3/c1-19(2,3)18(26)23-11-7-14(8-12-23)17(25)21-10-6-16(24)22-15-5-4-9-20-13-15/h4-5,9,13-14H,6-8,10-12H2,1-3H3,(H,21,25)(H,22,24). The second-order valence-corrected chi connectivity index (χ2v) is 7.65. The van der Waals surface area contributed by atoms with Gasteiger partial charge in [-0.2, -0.15) is 0 Å². The molecular weight excluding hydrogens is 332 g/mol. The SMILES string of the molecule is CC(C)(C)C(=O)N1CCC(C(=O)NCCC(=O)Nc2cccnc2)CC1. The zero-order chi connectivity index (χ0) is 19.2. The number of aromatic nitrogens is 1. The maximum atomic E-state index is 12.3. The van der Waals surface area contributed by atoms with Crippen LogP contribution in [-0.4, -0.2) is 47.2 Å². The molecular formula is C19H28N4O3. The fourth-order valence-electron chi connectivity index (χ4n) is 2.92. The molecule has 0 atom stereocenters. The molecule has 1 aromatic heterocycles.